The summed E-state index contributed by atoms with van der Waals surface area (Å²) in [7, 11) is 1.83. The Kier molecular flexibility index (Phi) is 3.14. The van der Waals surface area contributed by atoms with Crippen molar-refractivity contribution in [2.75, 3.05) is 5.08 Å². The molecule has 1 N–H and O–H groups in total. The highest BCUT2D eigenvalue weighted by molar-refractivity contribution is 8.08. The molecular weight excluding hydrogens is 180 g/mol. The number of thiol groups is 1. The van der Waals surface area contributed by atoms with Gasteiger partial charge in [-0.1, -0.05) is 0 Å². The number of thioether (sulfide) groups is 1. The molecule has 62 valence electrons. The normalized spacial score (nSPS) is 10.4. The summed E-state index contributed by atoms with van der Waals surface area (Å²) in [5.74, 6) is 0.832. The van der Waals surface area contributed by atoms with Gasteiger partial charge < -0.3 is 0 Å². The Morgan fingerprint density at radius 1 is 1.82 bits per heavy atom. The molecule has 0 amide bonds. The van der Waals surface area contributed by atoms with Gasteiger partial charge in [0.25, 0.3) is 5.56 Å². The van der Waals surface area contributed by atoms with Crippen LogP contribution in [0.15, 0.2) is 10.9 Å². The average Bonchev–Trinajstić information content (AvgIpc) is 2.26. The van der Waals surface area contributed by atoms with Crippen LogP contribution < -0.4 is 5.56 Å². The fraction of sp³-hybridized carbons (Fsp3) is 0.500. The molecule has 0 radical (unpaired) electrons. The molecule has 0 fully saturated rings. The van der Waals surface area contributed by atoms with Crippen molar-refractivity contribution in [1.82, 2.24) is 9.78 Å². The molecule has 0 aliphatic carbocycles. The van der Waals surface area contributed by atoms with Crippen molar-refractivity contribution in [3.63, 3.8) is 0 Å². The van der Waals surface area contributed by atoms with E-state index >= 15 is 0 Å². The highest BCUT2D eigenvalue weighted by Gasteiger charge is 1.98. The Labute approximate surface area is 74.6 Å². The van der Waals surface area contributed by atoms with Gasteiger partial charge in [-0.3, -0.25) is 14.6 Å². The number of nitrogens with zero attached hydrogens (tertiary/aromatic N) is 1. The summed E-state index contributed by atoms with van der Waals surface area (Å²) >= 11 is 5.73. The molecule has 0 bridgehead atoms. The molecule has 0 aliphatic rings. The SMILES string of the molecule is Cn1[nH]c(=O)cc1CSCS. The smallest absolute Gasteiger partial charge is 0.264 e. The zero-order valence-electron chi connectivity index (χ0n) is 6.20. The molecule has 11 heavy (non-hydrogen) atoms. The first-order valence-corrected chi connectivity index (χ1v) is 4.96. The monoisotopic (exact) mass is 190 g/mol. The third-order valence-corrected chi connectivity index (χ3v) is 2.58. The van der Waals surface area contributed by atoms with Crippen LogP contribution in [0.5, 0.6) is 0 Å². The topological polar surface area (TPSA) is 37.8 Å². The van der Waals surface area contributed by atoms with Crippen LogP contribution in [0, 0.1) is 0 Å². The maximum Gasteiger partial charge on any atom is 0.264 e. The first kappa shape index (κ1) is 8.80. The number of hydrogen-bond acceptors (Lipinski definition) is 3. The Hall–Kier alpha value is -0.290. The predicted molar refractivity (Wildman–Crippen MR) is 51.2 cm³/mol. The Morgan fingerprint density at radius 2 is 2.55 bits per heavy atom. The minimum Gasteiger partial charge on any atom is -0.291 e. The molecule has 0 aromatic carbocycles. The van der Waals surface area contributed by atoms with E-state index in [2.05, 4.69) is 17.7 Å². The molecule has 3 nitrogen and oxygen atoms in total. The van der Waals surface area contributed by atoms with Gasteiger partial charge >= 0.3 is 0 Å². The van der Waals surface area contributed by atoms with E-state index in [4.69, 9.17) is 0 Å². The van der Waals surface area contributed by atoms with Crippen LogP contribution in [0.2, 0.25) is 0 Å². The lowest BCUT2D eigenvalue weighted by Crippen LogP contribution is -2.01. The van der Waals surface area contributed by atoms with Crippen LogP contribution in [-0.2, 0) is 12.8 Å². The molecule has 0 aliphatic heterocycles. The molecule has 1 aromatic rings. The third-order valence-electron chi connectivity index (χ3n) is 1.35. The standard InChI is InChI=1S/C6H10N2OS2/c1-8-5(3-11-4-10)2-6(9)7-8/h2,10H,3-4H2,1H3,(H,7,9). The highest BCUT2D eigenvalue weighted by atomic mass is 32.2. The molecule has 1 rings (SSSR count). The molecule has 1 aromatic heterocycles. The largest absolute Gasteiger partial charge is 0.291 e. The van der Waals surface area contributed by atoms with Gasteiger partial charge in [0.15, 0.2) is 0 Å². The summed E-state index contributed by atoms with van der Waals surface area (Å²) < 4.78 is 1.73. The minimum absolute atomic E-state index is 0.0396. The fourth-order valence-corrected chi connectivity index (χ4v) is 1.66. The molecule has 0 unspecified atom stereocenters. The number of aromatic amines is 1. The molecule has 5 heteroatoms. The molecule has 1 heterocycles. The first-order chi connectivity index (χ1) is 5.24. The van der Waals surface area contributed by atoms with Crippen LogP contribution in [0.25, 0.3) is 0 Å². The summed E-state index contributed by atoms with van der Waals surface area (Å²) in [6.45, 7) is 0. The second-order valence-corrected chi connectivity index (χ2v) is 3.88. The number of rotatable bonds is 3. The van der Waals surface area contributed by atoms with Crippen LogP contribution in [-0.4, -0.2) is 14.9 Å². The van der Waals surface area contributed by atoms with E-state index in [0.29, 0.717) is 0 Å². The number of H-pyrrole nitrogens is 1. The van der Waals surface area contributed by atoms with E-state index in [1.54, 1.807) is 22.5 Å². The lowest BCUT2D eigenvalue weighted by atomic mass is 10.5. The molecular formula is C6H10N2OS2. The van der Waals surface area contributed by atoms with Crippen molar-refractivity contribution in [3.8, 4) is 0 Å². The zero-order chi connectivity index (χ0) is 8.27. The van der Waals surface area contributed by atoms with E-state index < -0.39 is 0 Å². The second-order valence-electron chi connectivity index (χ2n) is 2.15. The Bertz CT molecular complexity index is 278. The highest BCUT2D eigenvalue weighted by Crippen LogP contribution is 2.09. The summed E-state index contributed by atoms with van der Waals surface area (Å²) in [6.07, 6.45) is 0. The second kappa shape index (κ2) is 3.92. The molecule has 0 saturated carbocycles. The van der Waals surface area contributed by atoms with Gasteiger partial charge in [-0.05, 0) is 0 Å². The first-order valence-electron chi connectivity index (χ1n) is 3.17. The fourth-order valence-electron chi connectivity index (χ4n) is 0.806. The third kappa shape index (κ3) is 2.34. The lowest BCUT2D eigenvalue weighted by Gasteiger charge is -1.98. The van der Waals surface area contributed by atoms with E-state index in [0.717, 1.165) is 16.5 Å². The van der Waals surface area contributed by atoms with Gasteiger partial charge in [-0.2, -0.15) is 12.6 Å². The van der Waals surface area contributed by atoms with Crippen molar-refractivity contribution in [3.05, 3.63) is 22.1 Å². The van der Waals surface area contributed by atoms with Crippen molar-refractivity contribution in [2.45, 2.75) is 5.75 Å². The van der Waals surface area contributed by atoms with Crippen LogP contribution >= 0.6 is 24.4 Å². The van der Waals surface area contributed by atoms with Gasteiger partial charge in [-0.25, -0.2) is 0 Å². The number of aromatic nitrogens is 2. The quantitative estimate of drug-likeness (QED) is 0.547. The van der Waals surface area contributed by atoms with E-state index in [9.17, 15) is 4.79 Å². The lowest BCUT2D eigenvalue weighted by molar-refractivity contribution is 0.727. The summed E-state index contributed by atoms with van der Waals surface area (Å²) in [6, 6.07) is 1.61. The summed E-state index contributed by atoms with van der Waals surface area (Å²) in [5.41, 5.74) is 0.969. The molecule has 0 saturated heterocycles. The number of aryl methyl sites for hydroxylation is 1. The number of hydrogen-bond donors (Lipinski definition) is 2. The van der Waals surface area contributed by atoms with E-state index in [1.807, 2.05) is 7.05 Å². The van der Waals surface area contributed by atoms with Crippen molar-refractivity contribution in [2.24, 2.45) is 7.05 Å². The van der Waals surface area contributed by atoms with Crippen LogP contribution in [0.3, 0.4) is 0 Å². The predicted octanol–water partition coefficient (Wildman–Crippen LogP) is 0.834. The van der Waals surface area contributed by atoms with E-state index in [-0.39, 0.29) is 5.56 Å². The summed E-state index contributed by atoms with van der Waals surface area (Å²) in [4.78, 5) is 10.8. The minimum atomic E-state index is -0.0396. The van der Waals surface area contributed by atoms with E-state index in [1.165, 1.54) is 0 Å². The average molecular weight is 190 g/mol. The van der Waals surface area contributed by atoms with Crippen LogP contribution in [0.4, 0.5) is 0 Å². The molecule has 0 spiro atoms. The Morgan fingerprint density at radius 3 is 3.00 bits per heavy atom. The van der Waals surface area contributed by atoms with Gasteiger partial charge in [0.1, 0.15) is 0 Å². The molecule has 0 atom stereocenters. The maximum atomic E-state index is 10.8. The van der Waals surface area contributed by atoms with Gasteiger partial charge in [-0.15, -0.1) is 11.8 Å². The maximum absolute atomic E-state index is 10.8. The van der Waals surface area contributed by atoms with Crippen molar-refractivity contribution < 1.29 is 0 Å². The number of nitrogens with one attached hydrogen (secondary N) is 1. The van der Waals surface area contributed by atoms with Crippen LogP contribution in [0.1, 0.15) is 5.69 Å². The van der Waals surface area contributed by atoms with Crippen molar-refractivity contribution >= 4 is 24.4 Å². The van der Waals surface area contributed by atoms with Gasteiger partial charge in [0.05, 0.1) is 0 Å². The van der Waals surface area contributed by atoms with Crippen molar-refractivity contribution in [1.29, 1.82) is 0 Å². The summed E-state index contributed by atoms with van der Waals surface area (Å²) in [5, 5.41) is 3.42. The van der Waals surface area contributed by atoms with Gasteiger partial charge in [0, 0.05) is 29.6 Å². The van der Waals surface area contributed by atoms with Gasteiger partial charge in [0.2, 0.25) is 0 Å². The zero-order valence-corrected chi connectivity index (χ0v) is 7.91. The Balaban J connectivity index is 2.69.